The van der Waals surface area contributed by atoms with Crippen LogP contribution >= 0.6 is 21.0 Å². The Kier molecular flexibility index (Phi) is 5.35. The summed E-state index contributed by atoms with van der Waals surface area (Å²) in [6, 6.07) is 15.3. The van der Waals surface area contributed by atoms with E-state index in [0.717, 1.165) is 10.8 Å². The van der Waals surface area contributed by atoms with Crippen molar-refractivity contribution in [3.63, 3.8) is 0 Å². The van der Waals surface area contributed by atoms with Gasteiger partial charge in [0.1, 0.15) is 0 Å². The van der Waals surface area contributed by atoms with Gasteiger partial charge in [-0.05, 0) is 69.7 Å². The fraction of sp³-hybridized carbons (Fsp3) is 0.478. The highest BCUT2D eigenvalue weighted by atomic mass is 32.2. The molecule has 1 nitrogen and oxygen atoms in total. The molecule has 2 aromatic rings. The summed E-state index contributed by atoms with van der Waals surface area (Å²) in [7, 11) is 1.59. The first-order valence-corrected chi connectivity index (χ1v) is 11.3. The van der Waals surface area contributed by atoms with Gasteiger partial charge in [0.25, 0.3) is 5.66 Å². The molecule has 1 N–H and O–H groups in total. The smallest absolute Gasteiger partial charge is 0.283 e. The van der Waals surface area contributed by atoms with Crippen LogP contribution in [0.2, 0.25) is 0 Å². The summed E-state index contributed by atoms with van der Waals surface area (Å²) < 4.78 is 26.7. The maximum absolute atomic E-state index is 13.1. The minimum absolute atomic E-state index is 0.0708. The predicted octanol–water partition coefficient (Wildman–Crippen LogP) is 6.15. The maximum Gasteiger partial charge on any atom is 0.283 e. The topological polar surface area (TPSA) is 12.0 Å². The zero-order valence-corrected chi connectivity index (χ0v) is 18.4. The van der Waals surface area contributed by atoms with Crippen molar-refractivity contribution in [2.24, 2.45) is 11.3 Å². The fourth-order valence-electron chi connectivity index (χ4n) is 4.66. The number of halogens is 2. The zero-order chi connectivity index (χ0) is 20.0. The molecule has 2 bridgehead atoms. The highest BCUT2D eigenvalue weighted by Gasteiger charge is 2.71. The van der Waals surface area contributed by atoms with Gasteiger partial charge >= 0.3 is 0 Å². The van der Waals surface area contributed by atoms with E-state index in [4.69, 9.17) is 0 Å². The Morgan fingerprint density at radius 2 is 1.43 bits per heavy atom. The van der Waals surface area contributed by atoms with Gasteiger partial charge in [-0.1, -0.05) is 56.8 Å². The number of hydrogen-bond acceptors (Lipinski definition) is 2. The Bertz CT molecular complexity index is 784. The molecule has 150 valence electrons. The molecule has 0 radical (unpaired) electrons. The van der Waals surface area contributed by atoms with Gasteiger partial charge in [0.15, 0.2) is 0 Å². The molecule has 28 heavy (non-hydrogen) atoms. The highest BCUT2D eigenvalue weighted by Crippen LogP contribution is 2.77. The van der Waals surface area contributed by atoms with E-state index in [1.165, 1.54) is 43.5 Å². The third-order valence-electron chi connectivity index (χ3n) is 6.46. The van der Waals surface area contributed by atoms with Gasteiger partial charge in [-0.3, -0.25) is 0 Å². The third-order valence-corrected chi connectivity index (χ3v) is 8.17. The molecular weight excluding hydrogens is 391 g/mol. The van der Waals surface area contributed by atoms with E-state index in [1.54, 1.807) is 21.4 Å². The van der Waals surface area contributed by atoms with Crippen LogP contribution in [0.3, 0.4) is 0 Å². The summed E-state index contributed by atoms with van der Waals surface area (Å²) in [4.78, 5) is 1.13. The van der Waals surface area contributed by atoms with Gasteiger partial charge < -0.3 is 5.32 Å². The SMILES string of the molecule is Cc1ccc(C)cc1.FC(F)(P)c1ccc(SC23CC(C4CNC4)(C2)C3)cc1. The number of aryl methyl sites for hydroxylation is 2. The van der Waals surface area contributed by atoms with E-state index >= 15 is 0 Å². The van der Waals surface area contributed by atoms with E-state index < -0.39 is 5.66 Å². The Labute approximate surface area is 173 Å². The number of nitrogens with one attached hydrogen (secondary N) is 1. The molecule has 1 unspecified atom stereocenters. The quantitative estimate of drug-likeness (QED) is 0.597. The first-order chi connectivity index (χ1) is 13.2. The minimum Gasteiger partial charge on any atom is -0.316 e. The van der Waals surface area contributed by atoms with Crippen molar-refractivity contribution in [2.75, 3.05) is 13.1 Å². The summed E-state index contributed by atoms with van der Waals surface area (Å²) >= 11 is 1.90. The number of alkyl halides is 2. The molecule has 5 heteroatoms. The lowest BCUT2D eigenvalue weighted by Crippen LogP contribution is -2.72. The van der Waals surface area contributed by atoms with Crippen LogP contribution in [0.25, 0.3) is 0 Å². The number of rotatable bonds is 4. The molecule has 2 aromatic carbocycles. The zero-order valence-electron chi connectivity index (χ0n) is 16.5. The van der Waals surface area contributed by atoms with Crippen molar-refractivity contribution in [3.8, 4) is 0 Å². The summed E-state index contributed by atoms with van der Waals surface area (Å²) in [5.74, 6) is 0.892. The average Bonchev–Trinajstić information content (AvgIpc) is 2.53. The third kappa shape index (κ3) is 4.01. The van der Waals surface area contributed by atoms with Crippen LogP contribution in [0.1, 0.15) is 36.0 Å². The molecule has 0 aromatic heterocycles. The number of hydrogen-bond donors (Lipinski definition) is 1. The van der Waals surface area contributed by atoms with E-state index in [9.17, 15) is 8.78 Å². The Morgan fingerprint density at radius 1 is 0.929 bits per heavy atom. The van der Waals surface area contributed by atoms with Crippen LogP contribution in [-0.2, 0) is 5.66 Å². The Hall–Kier alpha value is -0.960. The van der Waals surface area contributed by atoms with Crippen LogP contribution < -0.4 is 5.32 Å². The summed E-state index contributed by atoms with van der Waals surface area (Å²) in [6.45, 7) is 6.58. The average molecular weight is 420 g/mol. The lowest BCUT2D eigenvalue weighted by molar-refractivity contribution is -0.138. The van der Waals surface area contributed by atoms with Crippen LogP contribution in [0, 0.1) is 25.2 Å². The molecule has 0 amide bonds. The van der Waals surface area contributed by atoms with Crippen molar-refractivity contribution in [1.29, 1.82) is 0 Å². The first kappa shape index (κ1) is 20.3. The minimum atomic E-state index is -2.82. The molecule has 1 aliphatic heterocycles. The summed E-state index contributed by atoms with van der Waals surface area (Å²) in [5.41, 5.74) is 0.541. The standard InChI is InChI=1S/C15H18F2NPS.C8H10/c16-15(17,19)10-1-3-12(4-2-10)20-14-7-13(8-14,9-14)11-5-18-6-11;1-7-3-5-8(2)6-4-7/h1-4,11,18H,5-9,19H2;3-6H,1-2H3. The molecule has 4 aliphatic rings. The maximum atomic E-state index is 13.1. The number of thioether (sulfide) groups is 1. The predicted molar refractivity (Wildman–Crippen MR) is 117 cm³/mol. The van der Waals surface area contributed by atoms with Gasteiger partial charge in [0.05, 0.1) is 0 Å². The number of benzene rings is 2. The van der Waals surface area contributed by atoms with Crippen molar-refractivity contribution in [1.82, 2.24) is 5.32 Å². The van der Waals surface area contributed by atoms with Gasteiger partial charge in [-0.2, -0.15) is 8.78 Å². The first-order valence-electron chi connectivity index (χ1n) is 9.90. The van der Waals surface area contributed by atoms with Gasteiger partial charge in [0, 0.05) is 15.2 Å². The summed E-state index contributed by atoms with van der Waals surface area (Å²) in [6.07, 6.45) is 3.95. The second-order valence-corrected chi connectivity index (χ2v) is 11.1. The summed E-state index contributed by atoms with van der Waals surface area (Å²) in [5, 5.41) is 3.36. The van der Waals surface area contributed by atoms with E-state index in [2.05, 4.69) is 43.4 Å². The van der Waals surface area contributed by atoms with Crippen molar-refractivity contribution in [3.05, 3.63) is 65.2 Å². The van der Waals surface area contributed by atoms with E-state index in [-0.39, 0.29) is 5.56 Å². The monoisotopic (exact) mass is 419 g/mol. The highest BCUT2D eigenvalue weighted by molar-refractivity contribution is 8.00. The van der Waals surface area contributed by atoms with Crippen LogP contribution in [-0.4, -0.2) is 17.8 Å². The second kappa shape index (κ2) is 7.38. The van der Waals surface area contributed by atoms with Gasteiger partial charge in [-0.15, -0.1) is 11.8 Å². The molecule has 1 heterocycles. The largest absolute Gasteiger partial charge is 0.316 e. The normalized spacial score (nSPS) is 28.3. The second-order valence-electron chi connectivity index (χ2n) is 8.83. The molecule has 4 fully saturated rings. The molecule has 3 saturated carbocycles. The van der Waals surface area contributed by atoms with Crippen molar-refractivity contribution in [2.45, 2.75) is 48.4 Å². The van der Waals surface area contributed by atoms with Crippen LogP contribution in [0.5, 0.6) is 0 Å². The molecule has 0 spiro atoms. The Morgan fingerprint density at radius 3 is 1.82 bits per heavy atom. The molecule has 3 aliphatic carbocycles. The van der Waals surface area contributed by atoms with E-state index in [1.807, 2.05) is 23.9 Å². The van der Waals surface area contributed by atoms with Crippen LogP contribution in [0.15, 0.2) is 53.4 Å². The molecule has 6 rings (SSSR count). The lowest BCUT2D eigenvalue weighted by atomic mass is 9.38. The van der Waals surface area contributed by atoms with Gasteiger partial charge in [0.2, 0.25) is 0 Å². The van der Waals surface area contributed by atoms with Crippen molar-refractivity contribution >= 4 is 21.0 Å². The molecular formula is C23H28F2NPS. The van der Waals surface area contributed by atoms with Crippen molar-refractivity contribution < 1.29 is 8.78 Å². The molecule has 1 atom stereocenters. The fourth-order valence-corrected chi connectivity index (χ4v) is 6.71. The molecule has 1 saturated heterocycles. The van der Waals surface area contributed by atoms with E-state index in [0.29, 0.717) is 10.2 Å². The Balaban J connectivity index is 0.000000203. The lowest BCUT2D eigenvalue weighted by Gasteiger charge is -2.74. The van der Waals surface area contributed by atoms with Gasteiger partial charge in [-0.25, -0.2) is 0 Å². The van der Waals surface area contributed by atoms with Crippen LogP contribution in [0.4, 0.5) is 8.78 Å².